The zero-order valence-corrected chi connectivity index (χ0v) is 16.1. The van der Waals surface area contributed by atoms with Crippen molar-refractivity contribution in [2.24, 2.45) is 12.0 Å². The Bertz CT molecular complexity index is 778. The van der Waals surface area contributed by atoms with E-state index in [0.717, 1.165) is 35.8 Å². The maximum Gasteiger partial charge on any atom is 0.154 e. The van der Waals surface area contributed by atoms with Crippen molar-refractivity contribution in [2.75, 3.05) is 5.32 Å². The molecule has 0 spiro atoms. The molecule has 0 unspecified atom stereocenters. The Kier molecular flexibility index (Phi) is 5.82. The Labute approximate surface area is 156 Å². The van der Waals surface area contributed by atoms with Gasteiger partial charge in [0.25, 0.3) is 0 Å². The highest BCUT2D eigenvalue weighted by Gasteiger charge is 2.18. The highest BCUT2D eigenvalue weighted by atomic mass is 16.5. The molecule has 4 nitrogen and oxygen atoms in total. The molecule has 1 aromatic heterocycles. The topological polar surface area (TPSA) is 38.6 Å². The Hall–Kier alpha value is -2.49. The number of ether oxygens (including phenoxy) is 1. The van der Waals surface area contributed by atoms with Crippen molar-refractivity contribution in [3.63, 3.8) is 0 Å². The van der Waals surface area contributed by atoms with Crippen molar-refractivity contribution >= 4 is 11.5 Å². The van der Waals surface area contributed by atoms with Crippen molar-refractivity contribution < 1.29 is 4.74 Å². The van der Waals surface area contributed by atoms with Crippen LogP contribution in [0, 0.1) is 13.8 Å². The van der Waals surface area contributed by atoms with E-state index in [1.54, 1.807) is 6.20 Å². The number of aliphatic imine (C=N–C) groups is 1. The molecule has 4 heteroatoms. The summed E-state index contributed by atoms with van der Waals surface area (Å²) in [6, 6.07) is 8.37. The second-order valence-electron chi connectivity index (χ2n) is 7.12. The molecule has 0 aliphatic heterocycles. The third kappa shape index (κ3) is 4.18. The quantitative estimate of drug-likeness (QED) is 0.582. The minimum atomic E-state index is 0.308. The molecule has 3 rings (SSSR count). The zero-order valence-electron chi connectivity index (χ0n) is 16.1. The van der Waals surface area contributed by atoms with E-state index in [2.05, 4.69) is 59.6 Å². The van der Waals surface area contributed by atoms with Gasteiger partial charge in [-0.25, -0.2) is 4.99 Å². The molecule has 1 saturated carbocycles. The molecule has 1 heterocycles. The summed E-state index contributed by atoms with van der Waals surface area (Å²) in [7, 11) is 2.03. The molecule has 1 fully saturated rings. The van der Waals surface area contributed by atoms with Gasteiger partial charge < -0.3 is 14.6 Å². The summed E-state index contributed by atoms with van der Waals surface area (Å²) < 4.78 is 8.44. The van der Waals surface area contributed by atoms with Crippen molar-refractivity contribution in [2.45, 2.75) is 52.1 Å². The number of aryl methyl sites for hydroxylation is 3. The van der Waals surface area contributed by atoms with Gasteiger partial charge in [-0.1, -0.05) is 19.1 Å². The monoisotopic (exact) mass is 351 g/mol. The first-order valence-electron chi connectivity index (χ1n) is 9.44. The average molecular weight is 351 g/mol. The SMILES string of the molecule is C=CN=C(Nc1ccc(C)cc1OC1CCCCC1)c1c(C)ccn1C. The van der Waals surface area contributed by atoms with Crippen LogP contribution in [0.1, 0.15) is 48.9 Å². The Morgan fingerprint density at radius 3 is 2.65 bits per heavy atom. The summed E-state index contributed by atoms with van der Waals surface area (Å²) in [6.07, 6.45) is 10.0. The van der Waals surface area contributed by atoms with Gasteiger partial charge in [-0.2, -0.15) is 0 Å². The number of rotatable bonds is 5. The van der Waals surface area contributed by atoms with Gasteiger partial charge in [0.05, 0.1) is 17.5 Å². The van der Waals surface area contributed by atoms with Crippen LogP contribution in [-0.2, 0) is 7.05 Å². The lowest BCUT2D eigenvalue weighted by atomic mass is 9.98. The van der Waals surface area contributed by atoms with E-state index in [1.807, 2.05) is 13.2 Å². The summed E-state index contributed by atoms with van der Waals surface area (Å²) in [4.78, 5) is 4.49. The number of amidine groups is 1. The minimum Gasteiger partial charge on any atom is -0.488 e. The fraction of sp³-hybridized carbons (Fsp3) is 0.409. The van der Waals surface area contributed by atoms with Crippen molar-refractivity contribution in [1.82, 2.24) is 4.57 Å². The molecule has 0 saturated heterocycles. The van der Waals surface area contributed by atoms with Crippen LogP contribution in [0.2, 0.25) is 0 Å². The van der Waals surface area contributed by atoms with E-state index in [-0.39, 0.29) is 0 Å². The van der Waals surface area contributed by atoms with Crippen LogP contribution in [0.25, 0.3) is 0 Å². The molecule has 0 amide bonds. The molecule has 0 bridgehead atoms. The molecule has 26 heavy (non-hydrogen) atoms. The number of nitrogens with one attached hydrogen (secondary N) is 1. The largest absolute Gasteiger partial charge is 0.488 e. The van der Waals surface area contributed by atoms with E-state index in [1.165, 1.54) is 30.4 Å². The molecule has 2 aromatic rings. The third-order valence-electron chi connectivity index (χ3n) is 4.96. The van der Waals surface area contributed by atoms with E-state index in [9.17, 15) is 0 Å². The van der Waals surface area contributed by atoms with E-state index in [0.29, 0.717) is 6.10 Å². The predicted octanol–water partition coefficient (Wildman–Crippen LogP) is 5.36. The van der Waals surface area contributed by atoms with Crippen LogP contribution >= 0.6 is 0 Å². The first-order valence-corrected chi connectivity index (χ1v) is 9.44. The van der Waals surface area contributed by atoms with Crippen LogP contribution in [0.4, 0.5) is 5.69 Å². The highest BCUT2D eigenvalue weighted by Crippen LogP contribution is 2.31. The third-order valence-corrected chi connectivity index (χ3v) is 4.96. The van der Waals surface area contributed by atoms with Crippen molar-refractivity contribution in [3.8, 4) is 5.75 Å². The molecule has 0 radical (unpaired) electrons. The Balaban J connectivity index is 1.90. The number of nitrogens with zero attached hydrogens (tertiary/aromatic N) is 2. The number of anilines is 1. The van der Waals surface area contributed by atoms with Crippen LogP contribution in [0.5, 0.6) is 5.75 Å². The molecule has 0 atom stereocenters. The molecule has 1 aromatic carbocycles. The highest BCUT2D eigenvalue weighted by molar-refractivity contribution is 6.09. The molecule has 1 aliphatic rings. The van der Waals surface area contributed by atoms with Gasteiger partial charge in [0.15, 0.2) is 5.84 Å². The minimum absolute atomic E-state index is 0.308. The van der Waals surface area contributed by atoms with Gasteiger partial charge in [0.1, 0.15) is 5.75 Å². The summed E-state index contributed by atoms with van der Waals surface area (Å²) in [6.45, 7) is 7.96. The first kappa shape index (κ1) is 18.3. The van der Waals surface area contributed by atoms with E-state index >= 15 is 0 Å². The fourth-order valence-corrected chi connectivity index (χ4v) is 3.57. The fourth-order valence-electron chi connectivity index (χ4n) is 3.57. The van der Waals surface area contributed by atoms with Crippen LogP contribution in [0.3, 0.4) is 0 Å². The van der Waals surface area contributed by atoms with Gasteiger partial charge >= 0.3 is 0 Å². The average Bonchev–Trinajstić information content (AvgIpc) is 2.96. The van der Waals surface area contributed by atoms with Gasteiger partial charge in [-0.05, 0) is 68.9 Å². The standard InChI is InChI=1S/C22H29N3O/c1-5-23-22(21-17(3)13-14-25(21)4)24-19-12-11-16(2)15-20(19)26-18-9-7-6-8-10-18/h5,11-15,18H,1,6-10H2,2-4H3,(H,23,24). The number of hydrogen-bond acceptors (Lipinski definition) is 2. The normalized spacial score (nSPS) is 15.7. The van der Waals surface area contributed by atoms with Crippen molar-refractivity contribution in [3.05, 3.63) is 60.1 Å². The van der Waals surface area contributed by atoms with Crippen molar-refractivity contribution in [1.29, 1.82) is 0 Å². The van der Waals surface area contributed by atoms with Crippen LogP contribution < -0.4 is 10.1 Å². The maximum absolute atomic E-state index is 6.37. The number of hydrogen-bond donors (Lipinski definition) is 1. The maximum atomic E-state index is 6.37. The molecular weight excluding hydrogens is 322 g/mol. The van der Waals surface area contributed by atoms with E-state index < -0.39 is 0 Å². The lowest BCUT2D eigenvalue weighted by Crippen LogP contribution is -2.22. The smallest absolute Gasteiger partial charge is 0.154 e. The lowest BCUT2D eigenvalue weighted by molar-refractivity contribution is 0.156. The number of benzene rings is 1. The lowest BCUT2D eigenvalue weighted by Gasteiger charge is -2.25. The Morgan fingerprint density at radius 1 is 1.23 bits per heavy atom. The molecular formula is C22H29N3O. The van der Waals surface area contributed by atoms with Crippen LogP contribution in [0.15, 0.2) is 48.2 Å². The van der Waals surface area contributed by atoms with Crippen LogP contribution in [-0.4, -0.2) is 16.5 Å². The summed E-state index contributed by atoms with van der Waals surface area (Å²) in [5.74, 6) is 1.68. The molecule has 1 N–H and O–H groups in total. The first-order chi connectivity index (χ1) is 12.6. The van der Waals surface area contributed by atoms with Gasteiger partial charge in [-0.3, -0.25) is 0 Å². The number of aromatic nitrogens is 1. The van der Waals surface area contributed by atoms with Gasteiger partial charge in [0, 0.05) is 19.4 Å². The summed E-state index contributed by atoms with van der Waals surface area (Å²) >= 11 is 0. The second kappa shape index (κ2) is 8.26. The molecule has 138 valence electrons. The summed E-state index contributed by atoms with van der Waals surface area (Å²) in [5, 5.41) is 3.48. The predicted molar refractivity (Wildman–Crippen MR) is 109 cm³/mol. The summed E-state index contributed by atoms with van der Waals surface area (Å²) in [5.41, 5.74) is 4.36. The van der Waals surface area contributed by atoms with E-state index in [4.69, 9.17) is 4.74 Å². The second-order valence-corrected chi connectivity index (χ2v) is 7.12. The van der Waals surface area contributed by atoms with Gasteiger partial charge in [-0.15, -0.1) is 0 Å². The Morgan fingerprint density at radius 2 is 2.00 bits per heavy atom. The zero-order chi connectivity index (χ0) is 18.5. The van der Waals surface area contributed by atoms with Gasteiger partial charge in [0.2, 0.25) is 0 Å². The molecule has 1 aliphatic carbocycles.